The number of thiol groups is 1. The number of urea groups is 1. The summed E-state index contributed by atoms with van der Waals surface area (Å²) >= 11 is 0. The fourth-order valence-corrected chi connectivity index (χ4v) is 2.71. The number of likely N-dealkylation sites (tertiary alicyclic amines) is 1. The molecule has 0 aromatic heterocycles. The Bertz CT molecular complexity index is 543. The first-order chi connectivity index (χ1) is 9.11. The van der Waals surface area contributed by atoms with E-state index in [1.54, 1.807) is 17.0 Å². The van der Waals surface area contributed by atoms with Gasteiger partial charge in [0.15, 0.2) is 10.7 Å². The standard InChI is InChI=1S/C12H17N3O3S/c13-8-9-7-10(3-4-11(9)19(17)18)14-12(16)15-5-1-2-6-15/h3-4,7,19H,1-2,5-6,8,13H2,(H,14,16). The van der Waals surface area contributed by atoms with Crippen LogP contribution in [0.2, 0.25) is 0 Å². The van der Waals surface area contributed by atoms with E-state index in [-0.39, 0.29) is 17.5 Å². The molecule has 7 heteroatoms. The molecule has 0 unspecified atom stereocenters. The van der Waals surface area contributed by atoms with E-state index in [2.05, 4.69) is 5.32 Å². The van der Waals surface area contributed by atoms with Crippen molar-refractivity contribution in [3.63, 3.8) is 0 Å². The highest BCUT2D eigenvalue weighted by atomic mass is 32.2. The van der Waals surface area contributed by atoms with Crippen LogP contribution in [0.15, 0.2) is 23.1 Å². The summed E-state index contributed by atoms with van der Waals surface area (Å²) in [5, 5.41) is 2.76. The summed E-state index contributed by atoms with van der Waals surface area (Å²) in [4.78, 5) is 13.8. The summed E-state index contributed by atoms with van der Waals surface area (Å²) in [6.07, 6.45) is 2.05. The lowest BCUT2D eigenvalue weighted by atomic mass is 10.2. The molecule has 6 nitrogen and oxygen atoms in total. The quantitative estimate of drug-likeness (QED) is 0.713. The second-order valence-corrected chi connectivity index (χ2v) is 5.43. The molecule has 1 fully saturated rings. The van der Waals surface area contributed by atoms with Gasteiger partial charge in [-0.1, -0.05) is 0 Å². The predicted octanol–water partition coefficient (Wildman–Crippen LogP) is 0.743. The molecule has 0 atom stereocenters. The van der Waals surface area contributed by atoms with Gasteiger partial charge in [-0.05, 0) is 36.6 Å². The first-order valence-electron chi connectivity index (χ1n) is 6.15. The summed E-state index contributed by atoms with van der Waals surface area (Å²) in [6.45, 7) is 1.65. The van der Waals surface area contributed by atoms with Crippen molar-refractivity contribution in [3.05, 3.63) is 23.8 Å². The maximum Gasteiger partial charge on any atom is 0.321 e. The number of benzene rings is 1. The minimum Gasteiger partial charge on any atom is -0.326 e. The zero-order valence-electron chi connectivity index (χ0n) is 10.5. The first kappa shape index (κ1) is 13.8. The highest BCUT2D eigenvalue weighted by molar-refractivity contribution is 7.72. The van der Waals surface area contributed by atoms with Crippen molar-refractivity contribution in [2.75, 3.05) is 18.4 Å². The van der Waals surface area contributed by atoms with Gasteiger partial charge in [0.25, 0.3) is 0 Å². The number of rotatable bonds is 3. The second kappa shape index (κ2) is 6.03. The lowest BCUT2D eigenvalue weighted by molar-refractivity contribution is 0.222. The minimum atomic E-state index is -2.67. The van der Waals surface area contributed by atoms with E-state index < -0.39 is 10.7 Å². The number of anilines is 1. The normalized spacial score (nSPS) is 14.9. The van der Waals surface area contributed by atoms with Crippen molar-refractivity contribution in [2.45, 2.75) is 24.3 Å². The Kier molecular flexibility index (Phi) is 4.39. The van der Waals surface area contributed by atoms with Gasteiger partial charge in [0, 0.05) is 25.3 Å². The minimum absolute atomic E-state index is 0.117. The van der Waals surface area contributed by atoms with Gasteiger partial charge in [0.05, 0.1) is 4.90 Å². The van der Waals surface area contributed by atoms with E-state index in [1.165, 1.54) is 6.07 Å². The van der Waals surface area contributed by atoms with Gasteiger partial charge in [0.1, 0.15) is 0 Å². The zero-order valence-corrected chi connectivity index (χ0v) is 11.4. The van der Waals surface area contributed by atoms with Crippen molar-refractivity contribution >= 4 is 22.4 Å². The Hall–Kier alpha value is -1.60. The molecular weight excluding hydrogens is 266 g/mol. The molecule has 0 spiro atoms. The number of hydrogen-bond acceptors (Lipinski definition) is 4. The summed E-state index contributed by atoms with van der Waals surface area (Å²) < 4.78 is 22.0. The van der Waals surface area contributed by atoms with Crippen LogP contribution in [0.25, 0.3) is 0 Å². The smallest absolute Gasteiger partial charge is 0.321 e. The molecule has 1 aliphatic heterocycles. The third-order valence-corrected chi connectivity index (χ3v) is 3.97. The number of nitrogens with two attached hydrogens (primary N) is 1. The maximum absolute atomic E-state index is 11.9. The van der Waals surface area contributed by atoms with Crippen molar-refractivity contribution in [1.29, 1.82) is 0 Å². The first-order valence-corrected chi connectivity index (χ1v) is 7.33. The van der Waals surface area contributed by atoms with Crippen molar-refractivity contribution in [1.82, 2.24) is 4.90 Å². The average molecular weight is 283 g/mol. The van der Waals surface area contributed by atoms with Crippen molar-refractivity contribution in [3.8, 4) is 0 Å². The lowest BCUT2D eigenvalue weighted by Crippen LogP contribution is -2.32. The number of amides is 2. The molecular formula is C12H17N3O3S. The van der Waals surface area contributed by atoms with Gasteiger partial charge in [0.2, 0.25) is 0 Å². The third-order valence-electron chi connectivity index (χ3n) is 3.14. The number of hydrogen-bond donors (Lipinski definition) is 3. The third kappa shape index (κ3) is 3.24. The van der Waals surface area contributed by atoms with E-state index in [0.29, 0.717) is 11.3 Å². The number of carbonyl (C=O) groups is 1. The fraction of sp³-hybridized carbons (Fsp3) is 0.417. The van der Waals surface area contributed by atoms with Crippen LogP contribution in [-0.4, -0.2) is 32.4 Å². The molecule has 3 N–H and O–H groups in total. The van der Waals surface area contributed by atoms with Gasteiger partial charge < -0.3 is 16.0 Å². The predicted molar refractivity (Wildman–Crippen MR) is 72.7 cm³/mol. The molecule has 0 radical (unpaired) electrons. The SMILES string of the molecule is NCc1cc(NC(=O)N2CCCC2)ccc1[SH](=O)=O. The lowest BCUT2D eigenvalue weighted by Gasteiger charge is -2.16. The topological polar surface area (TPSA) is 92.5 Å². The van der Waals surface area contributed by atoms with Crippen molar-refractivity contribution in [2.24, 2.45) is 5.73 Å². The summed E-state index contributed by atoms with van der Waals surface area (Å²) in [5.41, 5.74) is 6.60. The fourth-order valence-electron chi connectivity index (χ4n) is 2.13. The molecule has 19 heavy (non-hydrogen) atoms. The molecule has 1 heterocycles. The van der Waals surface area contributed by atoms with E-state index in [4.69, 9.17) is 5.73 Å². The largest absolute Gasteiger partial charge is 0.326 e. The van der Waals surface area contributed by atoms with Crippen LogP contribution < -0.4 is 11.1 Å². The number of nitrogens with zero attached hydrogens (tertiary/aromatic N) is 1. The van der Waals surface area contributed by atoms with E-state index >= 15 is 0 Å². The molecule has 0 aliphatic carbocycles. The Morgan fingerprint density at radius 1 is 1.32 bits per heavy atom. The van der Waals surface area contributed by atoms with Crippen LogP contribution in [0, 0.1) is 0 Å². The van der Waals surface area contributed by atoms with Crippen LogP contribution in [0.1, 0.15) is 18.4 Å². The molecule has 1 aliphatic rings. The summed E-state index contributed by atoms with van der Waals surface area (Å²) in [6, 6.07) is 4.50. The zero-order chi connectivity index (χ0) is 13.8. The van der Waals surface area contributed by atoms with E-state index in [9.17, 15) is 13.2 Å². The Labute approximate surface area is 113 Å². The molecule has 0 bridgehead atoms. The molecule has 1 aromatic rings. The maximum atomic E-state index is 11.9. The average Bonchev–Trinajstić information content (AvgIpc) is 2.92. The summed E-state index contributed by atoms with van der Waals surface area (Å²) in [7, 11) is -2.67. The van der Waals surface area contributed by atoms with Gasteiger partial charge in [-0.3, -0.25) is 0 Å². The van der Waals surface area contributed by atoms with Gasteiger partial charge >= 0.3 is 6.03 Å². The van der Waals surface area contributed by atoms with Crippen LogP contribution >= 0.6 is 0 Å². The van der Waals surface area contributed by atoms with Gasteiger partial charge in [-0.25, -0.2) is 13.2 Å². The van der Waals surface area contributed by atoms with Crippen LogP contribution in [0.4, 0.5) is 10.5 Å². The molecule has 1 aromatic carbocycles. The molecule has 2 rings (SSSR count). The van der Waals surface area contributed by atoms with Gasteiger partial charge in [-0.15, -0.1) is 0 Å². The van der Waals surface area contributed by atoms with Crippen molar-refractivity contribution < 1.29 is 13.2 Å². The van der Waals surface area contributed by atoms with Gasteiger partial charge in [-0.2, -0.15) is 0 Å². The second-order valence-electron chi connectivity index (χ2n) is 4.43. The highest BCUT2D eigenvalue weighted by Gasteiger charge is 2.18. The number of carbonyl (C=O) groups excluding carboxylic acids is 1. The van der Waals surface area contributed by atoms with E-state index in [0.717, 1.165) is 25.9 Å². The summed E-state index contributed by atoms with van der Waals surface area (Å²) in [5.74, 6) is 0. The monoisotopic (exact) mass is 283 g/mol. The number of nitrogens with one attached hydrogen (secondary N) is 1. The van der Waals surface area contributed by atoms with Crippen LogP contribution in [0.3, 0.4) is 0 Å². The Morgan fingerprint density at radius 2 is 2.00 bits per heavy atom. The molecule has 0 saturated carbocycles. The van der Waals surface area contributed by atoms with Crippen LogP contribution in [-0.2, 0) is 17.2 Å². The Balaban J connectivity index is 2.14. The molecule has 104 valence electrons. The molecule has 2 amide bonds. The molecule has 1 saturated heterocycles. The Morgan fingerprint density at radius 3 is 2.58 bits per heavy atom. The van der Waals surface area contributed by atoms with Crippen LogP contribution in [0.5, 0.6) is 0 Å². The highest BCUT2D eigenvalue weighted by Crippen LogP contribution is 2.18. The van der Waals surface area contributed by atoms with E-state index in [1.807, 2.05) is 0 Å².